The van der Waals surface area contributed by atoms with Gasteiger partial charge >= 0.3 is 18.2 Å². The monoisotopic (exact) mass is 459 g/mol. The number of unbranched alkanes of at least 4 members (excludes halogenated alkanes) is 1. The van der Waals surface area contributed by atoms with Crippen LogP contribution in [0.15, 0.2) is 36.4 Å². The zero-order valence-electron chi connectivity index (χ0n) is 19.0. The van der Waals surface area contributed by atoms with Crippen molar-refractivity contribution in [2.45, 2.75) is 39.5 Å². The number of carbonyl (C=O) groups is 4. The van der Waals surface area contributed by atoms with Gasteiger partial charge in [0, 0.05) is 29.3 Å². The van der Waals surface area contributed by atoms with E-state index in [1.54, 1.807) is 50.2 Å². The molecule has 2 N–H and O–H groups in total. The van der Waals surface area contributed by atoms with Crippen LogP contribution in [-0.2, 0) is 23.8 Å². The number of benzene rings is 2. The van der Waals surface area contributed by atoms with Gasteiger partial charge in [0.2, 0.25) is 5.91 Å². The van der Waals surface area contributed by atoms with Crippen LogP contribution in [0.3, 0.4) is 0 Å². The van der Waals surface area contributed by atoms with Crippen molar-refractivity contribution in [3.05, 3.63) is 36.4 Å². The first-order chi connectivity index (χ1) is 15.9. The standard InChI is InChI=1S/C23H29N3O7/c1-4-32-22(29)25-26(23(30)33-5-2)19-15-14-18(16-10-6-7-11-17(16)19)24-20(27)12-8-9-13-21(28)31-3/h6-7,10-11,14-15H,4-5,8-9,12-13H2,1-3H3,(H,24,27)(H,25,29). The van der Waals surface area contributed by atoms with E-state index in [0.29, 0.717) is 35.0 Å². The molecule has 0 spiro atoms. The maximum absolute atomic E-state index is 12.5. The van der Waals surface area contributed by atoms with Crippen molar-refractivity contribution in [2.75, 3.05) is 30.6 Å². The van der Waals surface area contributed by atoms with E-state index in [2.05, 4.69) is 15.5 Å². The lowest BCUT2D eigenvalue weighted by Gasteiger charge is -2.24. The first kappa shape index (κ1) is 25.4. The number of hydrazine groups is 1. The number of ether oxygens (including phenoxy) is 3. The van der Waals surface area contributed by atoms with Gasteiger partial charge in [-0.15, -0.1) is 0 Å². The number of esters is 1. The summed E-state index contributed by atoms with van der Waals surface area (Å²) < 4.78 is 14.6. The van der Waals surface area contributed by atoms with Crippen LogP contribution in [0.1, 0.15) is 39.5 Å². The second kappa shape index (κ2) is 12.9. The van der Waals surface area contributed by atoms with Crippen molar-refractivity contribution in [3.8, 4) is 0 Å². The third-order valence-corrected chi connectivity index (χ3v) is 4.61. The van der Waals surface area contributed by atoms with Crippen molar-refractivity contribution in [1.29, 1.82) is 0 Å². The fourth-order valence-corrected chi connectivity index (χ4v) is 3.10. The van der Waals surface area contributed by atoms with E-state index in [0.717, 1.165) is 5.01 Å². The Morgan fingerprint density at radius 3 is 2.21 bits per heavy atom. The van der Waals surface area contributed by atoms with Crippen molar-refractivity contribution >= 4 is 46.2 Å². The molecule has 10 nitrogen and oxygen atoms in total. The lowest BCUT2D eigenvalue weighted by Crippen LogP contribution is -2.47. The molecule has 2 rings (SSSR count). The van der Waals surface area contributed by atoms with Gasteiger partial charge in [0.15, 0.2) is 0 Å². The quantitative estimate of drug-likeness (QED) is 0.250. The summed E-state index contributed by atoms with van der Waals surface area (Å²) in [4.78, 5) is 48.1. The number of rotatable bonds is 9. The topological polar surface area (TPSA) is 123 Å². The number of nitrogens with one attached hydrogen (secondary N) is 2. The van der Waals surface area contributed by atoms with Gasteiger partial charge in [-0.1, -0.05) is 24.3 Å². The summed E-state index contributed by atoms with van der Waals surface area (Å²) in [5, 5.41) is 5.11. The minimum atomic E-state index is -0.807. The van der Waals surface area contributed by atoms with Gasteiger partial charge in [0.1, 0.15) is 0 Å². The fourth-order valence-electron chi connectivity index (χ4n) is 3.10. The van der Waals surface area contributed by atoms with Crippen LogP contribution in [-0.4, -0.2) is 44.4 Å². The molecule has 0 aromatic heterocycles. The van der Waals surface area contributed by atoms with E-state index in [1.807, 2.05) is 0 Å². The molecule has 178 valence electrons. The largest absolute Gasteiger partial charge is 0.469 e. The Morgan fingerprint density at radius 1 is 0.879 bits per heavy atom. The van der Waals surface area contributed by atoms with Crippen molar-refractivity contribution in [3.63, 3.8) is 0 Å². The molecule has 0 saturated heterocycles. The molecule has 10 heteroatoms. The van der Waals surface area contributed by atoms with Crippen LogP contribution in [0, 0.1) is 0 Å². The lowest BCUT2D eigenvalue weighted by molar-refractivity contribution is -0.140. The summed E-state index contributed by atoms with van der Waals surface area (Å²) in [6, 6.07) is 10.4. The summed E-state index contributed by atoms with van der Waals surface area (Å²) in [5.74, 6) is -0.510. The van der Waals surface area contributed by atoms with Crippen LogP contribution < -0.4 is 15.8 Å². The van der Waals surface area contributed by atoms with Crippen LogP contribution in [0.4, 0.5) is 21.0 Å². The smallest absolute Gasteiger partial charge is 0.433 e. The van der Waals surface area contributed by atoms with E-state index in [9.17, 15) is 19.2 Å². The highest BCUT2D eigenvalue weighted by atomic mass is 16.6. The maximum atomic E-state index is 12.5. The van der Waals surface area contributed by atoms with E-state index in [4.69, 9.17) is 9.47 Å². The number of nitrogens with zero attached hydrogens (tertiary/aromatic N) is 1. The van der Waals surface area contributed by atoms with E-state index in [-0.39, 0.29) is 37.9 Å². The van der Waals surface area contributed by atoms with Crippen molar-refractivity contribution < 1.29 is 33.4 Å². The molecule has 0 aliphatic heterocycles. The van der Waals surface area contributed by atoms with Gasteiger partial charge in [-0.2, -0.15) is 5.01 Å². The van der Waals surface area contributed by atoms with Crippen LogP contribution in [0.2, 0.25) is 0 Å². The van der Waals surface area contributed by atoms with Gasteiger partial charge in [-0.25, -0.2) is 15.0 Å². The van der Waals surface area contributed by atoms with Gasteiger partial charge < -0.3 is 19.5 Å². The molecule has 0 saturated carbocycles. The van der Waals surface area contributed by atoms with Gasteiger partial charge in [-0.05, 0) is 38.8 Å². The highest BCUT2D eigenvalue weighted by molar-refractivity contribution is 6.09. The molecule has 3 amide bonds. The van der Waals surface area contributed by atoms with Crippen molar-refractivity contribution in [2.24, 2.45) is 0 Å². The highest BCUT2D eigenvalue weighted by Crippen LogP contribution is 2.32. The Balaban J connectivity index is 2.25. The second-order valence-corrected chi connectivity index (χ2v) is 6.88. The number of hydrogen-bond acceptors (Lipinski definition) is 7. The van der Waals surface area contributed by atoms with Gasteiger partial charge in [0.25, 0.3) is 0 Å². The summed E-state index contributed by atoms with van der Waals surface area (Å²) >= 11 is 0. The Morgan fingerprint density at radius 2 is 1.55 bits per heavy atom. The Hall–Kier alpha value is -3.82. The molecular formula is C23H29N3O7. The molecule has 0 fully saturated rings. The predicted octanol–water partition coefficient (Wildman–Crippen LogP) is 4.14. The zero-order chi connectivity index (χ0) is 24.2. The molecule has 0 aliphatic rings. The van der Waals surface area contributed by atoms with Gasteiger partial charge in [0.05, 0.1) is 26.0 Å². The number of carbonyl (C=O) groups excluding carboxylic acids is 4. The third-order valence-electron chi connectivity index (χ3n) is 4.61. The maximum Gasteiger partial charge on any atom is 0.433 e. The minimum absolute atomic E-state index is 0.113. The second-order valence-electron chi connectivity index (χ2n) is 6.88. The summed E-state index contributed by atoms with van der Waals surface area (Å²) in [6.45, 7) is 3.55. The van der Waals surface area contributed by atoms with E-state index < -0.39 is 12.2 Å². The number of hydrogen-bond donors (Lipinski definition) is 2. The number of anilines is 2. The van der Waals surface area contributed by atoms with Crippen LogP contribution in [0.25, 0.3) is 10.8 Å². The first-order valence-corrected chi connectivity index (χ1v) is 10.7. The van der Waals surface area contributed by atoms with Crippen LogP contribution in [0.5, 0.6) is 0 Å². The summed E-state index contributed by atoms with van der Waals surface area (Å²) in [7, 11) is 1.33. The predicted molar refractivity (Wildman–Crippen MR) is 123 cm³/mol. The highest BCUT2D eigenvalue weighted by Gasteiger charge is 2.23. The minimum Gasteiger partial charge on any atom is -0.469 e. The number of fused-ring (bicyclic) bond motifs is 1. The molecule has 0 atom stereocenters. The molecular weight excluding hydrogens is 430 g/mol. The Kier molecular flexibility index (Phi) is 9.94. The number of amides is 3. The molecule has 0 bridgehead atoms. The molecule has 0 heterocycles. The van der Waals surface area contributed by atoms with Crippen molar-refractivity contribution in [1.82, 2.24) is 5.43 Å². The van der Waals surface area contributed by atoms with Gasteiger partial charge in [-0.3, -0.25) is 9.59 Å². The van der Waals surface area contributed by atoms with E-state index in [1.165, 1.54) is 7.11 Å². The van der Waals surface area contributed by atoms with Crippen LogP contribution >= 0.6 is 0 Å². The SMILES string of the molecule is CCOC(=O)NN(C(=O)OCC)c1ccc(NC(=O)CCCCC(=O)OC)c2ccccc12. The zero-order valence-corrected chi connectivity index (χ0v) is 19.0. The average Bonchev–Trinajstić information content (AvgIpc) is 2.81. The molecule has 33 heavy (non-hydrogen) atoms. The molecule has 0 radical (unpaired) electrons. The molecule has 2 aromatic rings. The number of methoxy groups -OCH3 is 1. The Labute approximate surface area is 192 Å². The molecule has 2 aromatic carbocycles. The summed E-state index contributed by atoms with van der Waals surface area (Å²) in [5.41, 5.74) is 3.30. The first-order valence-electron chi connectivity index (χ1n) is 10.7. The van der Waals surface area contributed by atoms with E-state index >= 15 is 0 Å². The fraction of sp³-hybridized carbons (Fsp3) is 0.391. The Bertz CT molecular complexity index is 993. The normalized spacial score (nSPS) is 10.3. The molecule has 0 unspecified atom stereocenters. The summed E-state index contributed by atoms with van der Waals surface area (Å²) in [6.07, 6.45) is 0.00706. The third kappa shape index (κ3) is 7.37. The average molecular weight is 459 g/mol. The molecule has 0 aliphatic carbocycles. The lowest BCUT2D eigenvalue weighted by atomic mass is 10.1.